The molecule has 1 aromatic heterocycles. The molecule has 6 nitrogen and oxygen atoms in total. The first-order chi connectivity index (χ1) is 18.2. The van der Waals surface area contributed by atoms with Gasteiger partial charge in [-0.2, -0.15) is 0 Å². The van der Waals surface area contributed by atoms with Crippen molar-refractivity contribution in [2.45, 2.75) is 38.9 Å². The molecular formula is C29H28F3N3O3. The number of hydrogen-bond acceptors (Lipinski definition) is 4. The number of hydrogen-bond donors (Lipinski definition) is 1. The fourth-order valence-corrected chi connectivity index (χ4v) is 4.48. The van der Waals surface area contributed by atoms with Crippen molar-refractivity contribution in [3.8, 4) is 16.9 Å². The summed E-state index contributed by atoms with van der Waals surface area (Å²) in [6, 6.07) is 16.7. The molecule has 0 aliphatic rings. The molecule has 0 bridgehead atoms. The molecule has 0 aliphatic carbocycles. The highest BCUT2D eigenvalue weighted by Crippen LogP contribution is 2.29. The fraction of sp³-hybridized carbons (Fsp3) is 0.241. The minimum absolute atomic E-state index is 0.0592. The largest absolute Gasteiger partial charge is 0.494 e. The average Bonchev–Trinajstić information content (AvgIpc) is 2.91. The Labute approximate surface area is 217 Å². The number of benzene rings is 3. The maximum absolute atomic E-state index is 15.3. The summed E-state index contributed by atoms with van der Waals surface area (Å²) in [6.45, 7) is 0.778. The molecule has 4 rings (SSSR count). The third kappa shape index (κ3) is 5.43. The molecule has 9 heteroatoms. The predicted molar refractivity (Wildman–Crippen MR) is 140 cm³/mol. The molecule has 2 N–H and O–H groups in total. The first kappa shape index (κ1) is 26.9. The lowest BCUT2D eigenvalue weighted by Gasteiger charge is -2.20. The molecule has 0 spiro atoms. The van der Waals surface area contributed by atoms with Crippen molar-refractivity contribution in [3.05, 3.63) is 122 Å². The highest BCUT2D eigenvalue weighted by atomic mass is 19.1. The molecule has 0 amide bonds. The Bertz CT molecular complexity index is 1550. The molecule has 0 saturated carbocycles. The lowest BCUT2D eigenvalue weighted by Crippen LogP contribution is -2.46. The summed E-state index contributed by atoms with van der Waals surface area (Å²) in [5, 5.41) is 0. The van der Waals surface area contributed by atoms with Crippen LogP contribution in [-0.2, 0) is 19.5 Å². The summed E-state index contributed by atoms with van der Waals surface area (Å²) >= 11 is 0. The zero-order chi connectivity index (χ0) is 27.4. The fourth-order valence-electron chi connectivity index (χ4n) is 4.48. The van der Waals surface area contributed by atoms with Crippen molar-refractivity contribution < 1.29 is 17.9 Å². The van der Waals surface area contributed by atoms with Crippen molar-refractivity contribution >= 4 is 0 Å². The Hall–Kier alpha value is -4.11. The van der Waals surface area contributed by atoms with E-state index in [0.29, 0.717) is 12.8 Å². The lowest BCUT2D eigenvalue weighted by molar-refractivity contribution is 0.387. The van der Waals surface area contributed by atoms with E-state index in [1.165, 1.54) is 38.3 Å². The van der Waals surface area contributed by atoms with E-state index >= 15 is 4.39 Å². The Kier molecular flexibility index (Phi) is 8.16. The molecule has 0 radical (unpaired) electrons. The van der Waals surface area contributed by atoms with Crippen LogP contribution in [0.5, 0.6) is 5.75 Å². The number of rotatable bonds is 9. The van der Waals surface area contributed by atoms with Crippen molar-refractivity contribution in [2.75, 3.05) is 7.11 Å². The number of nitrogens with two attached hydrogens (primary N) is 1. The maximum atomic E-state index is 15.3. The van der Waals surface area contributed by atoms with Gasteiger partial charge in [0.15, 0.2) is 11.6 Å². The van der Waals surface area contributed by atoms with Crippen LogP contribution in [0.25, 0.3) is 11.1 Å². The molecule has 0 aliphatic heterocycles. The van der Waals surface area contributed by atoms with Crippen LogP contribution >= 0.6 is 0 Å². The van der Waals surface area contributed by atoms with Crippen LogP contribution < -0.4 is 21.7 Å². The molecule has 1 atom stereocenters. The monoisotopic (exact) mass is 523 g/mol. The summed E-state index contributed by atoms with van der Waals surface area (Å²) in [7, 11) is 1.29. The zero-order valence-corrected chi connectivity index (χ0v) is 21.1. The van der Waals surface area contributed by atoms with Crippen LogP contribution in [0.1, 0.15) is 23.2 Å². The van der Waals surface area contributed by atoms with E-state index < -0.39 is 41.3 Å². The second-order valence-electron chi connectivity index (χ2n) is 9.05. The van der Waals surface area contributed by atoms with E-state index in [1.54, 1.807) is 0 Å². The molecule has 1 heterocycles. The third-order valence-electron chi connectivity index (χ3n) is 6.58. The molecular weight excluding hydrogens is 495 g/mol. The second-order valence-corrected chi connectivity index (χ2v) is 9.05. The standard InChI is InChI=1S/C29H28F3N3O3/c1-18-26(21-10-6-13-25(38-2)27(21)32)28(36)35(16-20(33)15-14-19-8-4-3-5-9-19)29(37)34(18)17-22-23(30)11-7-12-24(22)31/h3-13,20H,14-17,33H2,1-2H3/t20-/m0/s1. The number of halogens is 3. The van der Waals surface area contributed by atoms with Gasteiger partial charge in [-0.05, 0) is 43.5 Å². The first-order valence-corrected chi connectivity index (χ1v) is 12.1. The number of nitrogens with zero attached hydrogens (tertiary/aromatic N) is 2. The summed E-state index contributed by atoms with van der Waals surface area (Å²) < 4.78 is 51.4. The number of methoxy groups -OCH3 is 1. The first-order valence-electron chi connectivity index (χ1n) is 12.1. The van der Waals surface area contributed by atoms with Gasteiger partial charge >= 0.3 is 5.69 Å². The molecule has 0 unspecified atom stereocenters. The van der Waals surface area contributed by atoms with E-state index in [-0.39, 0.29) is 34.7 Å². The third-order valence-corrected chi connectivity index (χ3v) is 6.58. The Balaban J connectivity index is 1.84. The van der Waals surface area contributed by atoms with Crippen LogP contribution in [0.4, 0.5) is 13.2 Å². The molecule has 0 saturated heterocycles. The normalized spacial score (nSPS) is 11.9. The minimum Gasteiger partial charge on any atom is -0.494 e. The maximum Gasteiger partial charge on any atom is 0.331 e. The Morgan fingerprint density at radius 2 is 1.55 bits per heavy atom. The van der Waals surface area contributed by atoms with Gasteiger partial charge < -0.3 is 10.5 Å². The summed E-state index contributed by atoms with van der Waals surface area (Å²) in [5.74, 6) is -2.58. The van der Waals surface area contributed by atoms with E-state index in [9.17, 15) is 18.4 Å². The van der Waals surface area contributed by atoms with Gasteiger partial charge in [-0.3, -0.25) is 13.9 Å². The van der Waals surface area contributed by atoms with Crippen molar-refractivity contribution in [3.63, 3.8) is 0 Å². The van der Waals surface area contributed by atoms with Crippen molar-refractivity contribution in [2.24, 2.45) is 5.73 Å². The number of ether oxygens (including phenoxy) is 1. The number of aromatic nitrogens is 2. The topological polar surface area (TPSA) is 79.2 Å². The SMILES string of the molecule is COc1cccc(-c2c(C)n(Cc3c(F)cccc3F)c(=O)n(C[C@@H](N)CCc3ccccc3)c2=O)c1F. The molecule has 198 valence electrons. The summed E-state index contributed by atoms with van der Waals surface area (Å²) in [4.78, 5) is 27.2. The van der Waals surface area contributed by atoms with Crippen LogP contribution in [0.3, 0.4) is 0 Å². The van der Waals surface area contributed by atoms with Crippen LogP contribution in [0, 0.1) is 24.4 Å². The van der Waals surface area contributed by atoms with Gasteiger partial charge in [0.1, 0.15) is 11.6 Å². The highest BCUT2D eigenvalue weighted by Gasteiger charge is 2.24. The smallest absolute Gasteiger partial charge is 0.331 e. The quantitative estimate of drug-likeness (QED) is 0.352. The van der Waals surface area contributed by atoms with E-state index in [0.717, 1.165) is 26.8 Å². The molecule has 3 aromatic carbocycles. The van der Waals surface area contributed by atoms with E-state index in [4.69, 9.17) is 10.5 Å². The summed E-state index contributed by atoms with van der Waals surface area (Å²) in [6.07, 6.45) is 1.09. The van der Waals surface area contributed by atoms with Crippen molar-refractivity contribution in [1.29, 1.82) is 0 Å². The Morgan fingerprint density at radius 3 is 2.21 bits per heavy atom. The van der Waals surface area contributed by atoms with Crippen molar-refractivity contribution in [1.82, 2.24) is 9.13 Å². The Morgan fingerprint density at radius 1 is 0.895 bits per heavy atom. The van der Waals surface area contributed by atoms with Crippen LogP contribution in [0.2, 0.25) is 0 Å². The minimum atomic E-state index is -0.845. The predicted octanol–water partition coefficient (Wildman–Crippen LogP) is 4.42. The van der Waals surface area contributed by atoms with E-state index in [1.807, 2.05) is 30.3 Å². The molecule has 38 heavy (non-hydrogen) atoms. The zero-order valence-electron chi connectivity index (χ0n) is 21.1. The van der Waals surface area contributed by atoms with Gasteiger partial charge in [0.05, 0.1) is 19.2 Å². The van der Waals surface area contributed by atoms with Gasteiger partial charge in [-0.25, -0.2) is 18.0 Å². The summed E-state index contributed by atoms with van der Waals surface area (Å²) in [5.41, 5.74) is 5.32. The van der Waals surface area contributed by atoms with Gasteiger partial charge in [-0.15, -0.1) is 0 Å². The van der Waals surface area contributed by atoms with Crippen LogP contribution in [0.15, 0.2) is 76.3 Å². The van der Waals surface area contributed by atoms with Crippen LogP contribution in [-0.4, -0.2) is 22.3 Å². The number of aryl methyl sites for hydroxylation is 1. The highest BCUT2D eigenvalue weighted by molar-refractivity contribution is 5.67. The molecule has 0 fully saturated rings. The van der Waals surface area contributed by atoms with Gasteiger partial charge in [0.25, 0.3) is 5.56 Å². The van der Waals surface area contributed by atoms with Gasteiger partial charge in [0, 0.05) is 29.4 Å². The van der Waals surface area contributed by atoms with E-state index in [2.05, 4.69) is 0 Å². The van der Waals surface area contributed by atoms with Gasteiger partial charge in [-0.1, -0.05) is 48.5 Å². The average molecular weight is 524 g/mol. The molecule has 4 aromatic rings. The lowest BCUT2D eigenvalue weighted by atomic mass is 10.0. The second kappa shape index (κ2) is 11.5. The van der Waals surface area contributed by atoms with Gasteiger partial charge in [0.2, 0.25) is 0 Å².